The third-order valence-electron chi connectivity index (χ3n) is 4.91. The monoisotopic (exact) mass is 349 g/mol. The van der Waals surface area contributed by atoms with E-state index >= 15 is 0 Å². The van der Waals surface area contributed by atoms with Crippen molar-refractivity contribution in [3.63, 3.8) is 0 Å². The van der Waals surface area contributed by atoms with E-state index < -0.39 is 0 Å². The maximum Gasteiger partial charge on any atom is 0.160 e. The van der Waals surface area contributed by atoms with Crippen molar-refractivity contribution in [2.75, 3.05) is 20.2 Å². The van der Waals surface area contributed by atoms with Gasteiger partial charge in [0.2, 0.25) is 0 Å². The van der Waals surface area contributed by atoms with E-state index in [9.17, 15) is 0 Å². The molecule has 0 spiro atoms. The quantitative estimate of drug-likeness (QED) is 0.709. The third kappa shape index (κ3) is 3.60. The van der Waals surface area contributed by atoms with Crippen LogP contribution in [0.25, 0.3) is 5.82 Å². The molecule has 0 N–H and O–H groups in total. The Bertz CT molecular complexity index is 832. The average Bonchev–Trinajstić information content (AvgIpc) is 3.23. The van der Waals surface area contributed by atoms with Crippen LogP contribution >= 0.6 is 0 Å². The van der Waals surface area contributed by atoms with E-state index in [2.05, 4.69) is 32.0 Å². The first-order valence-corrected chi connectivity index (χ1v) is 8.98. The molecule has 0 amide bonds. The van der Waals surface area contributed by atoms with Crippen LogP contribution in [0.5, 0.6) is 5.75 Å². The Balaban J connectivity index is 1.50. The van der Waals surface area contributed by atoms with Crippen molar-refractivity contribution >= 4 is 0 Å². The van der Waals surface area contributed by atoms with Gasteiger partial charge < -0.3 is 4.74 Å². The molecular formula is C20H23N5O. The second kappa shape index (κ2) is 7.66. The highest BCUT2D eigenvalue weighted by molar-refractivity contribution is 5.31. The molecule has 0 unspecified atom stereocenters. The van der Waals surface area contributed by atoms with Gasteiger partial charge in [-0.15, -0.1) is 0 Å². The lowest BCUT2D eigenvalue weighted by molar-refractivity contribution is 0.198. The molecule has 6 heteroatoms. The molecule has 2 aromatic heterocycles. The van der Waals surface area contributed by atoms with Crippen LogP contribution < -0.4 is 4.74 Å². The first-order valence-electron chi connectivity index (χ1n) is 8.98. The summed E-state index contributed by atoms with van der Waals surface area (Å²) >= 11 is 0. The Kier molecular flexibility index (Phi) is 4.93. The molecule has 6 nitrogen and oxygen atoms in total. The summed E-state index contributed by atoms with van der Waals surface area (Å²) in [6.07, 6.45) is 11.3. The zero-order chi connectivity index (χ0) is 17.8. The number of hydrogen-bond acceptors (Lipinski definition) is 5. The van der Waals surface area contributed by atoms with E-state index in [1.54, 1.807) is 32.0 Å². The van der Waals surface area contributed by atoms with E-state index in [1.165, 1.54) is 12.0 Å². The van der Waals surface area contributed by atoms with Crippen molar-refractivity contribution in [2.45, 2.75) is 25.3 Å². The highest BCUT2D eigenvalue weighted by atomic mass is 16.5. The number of methoxy groups -OCH3 is 1. The van der Waals surface area contributed by atoms with Crippen molar-refractivity contribution in [2.24, 2.45) is 0 Å². The van der Waals surface area contributed by atoms with Crippen molar-refractivity contribution in [1.82, 2.24) is 24.4 Å². The topological polar surface area (TPSA) is 56.1 Å². The minimum Gasteiger partial charge on any atom is -0.497 e. The molecule has 0 bridgehead atoms. The van der Waals surface area contributed by atoms with Gasteiger partial charge in [0.15, 0.2) is 5.82 Å². The summed E-state index contributed by atoms with van der Waals surface area (Å²) in [6, 6.07) is 8.33. The molecular weight excluding hydrogens is 326 g/mol. The number of rotatable bonds is 5. The second-order valence-electron chi connectivity index (χ2n) is 6.66. The molecule has 3 aromatic rings. The van der Waals surface area contributed by atoms with Crippen molar-refractivity contribution < 1.29 is 4.74 Å². The SMILES string of the molecule is COc1ccc(CN2CCC[C@H](c3nccnc3-n3ccnc3)C2)cc1. The normalized spacial score (nSPS) is 18.0. The lowest BCUT2D eigenvalue weighted by atomic mass is 9.94. The first-order chi connectivity index (χ1) is 12.8. The van der Waals surface area contributed by atoms with Crippen LogP contribution in [0.1, 0.15) is 30.0 Å². The molecule has 0 saturated carbocycles. The Morgan fingerprint density at radius 2 is 1.96 bits per heavy atom. The molecule has 0 radical (unpaired) electrons. The number of piperidine rings is 1. The van der Waals surface area contributed by atoms with Gasteiger partial charge in [0.1, 0.15) is 12.1 Å². The summed E-state index contributed by atoms with van der Waals surface area (Å²) in [5.41, 5.74) is 2.37. The number of likely N-dealkylation sites (tertiary alicyclic amines) is 1. The van der Waals surface area contributed by atoms with Gasteiger partial charge in [-0.25, -0.2) is 9.97 Å². The number of imidazole rings is 1. The molecule has 134 valence electrons. The molecule has 1 saturated heterocycles. The maximum absolute atomic E-state index is 5.25. The van der Waals surface area contributed by atoms with Crippen molar-refractivity contribution in [3.8, 4) is 11.6 Å². The summed E-state index contributed by atoms with van der Waals surface area (Å²) in [5, 5.41) is 0. The van der Waals surface area contributed by atoms with Crippen LogP contribution in [0.4, 0.5) is 0 Å². The molecule has 1 atom stereocenters. The molecule has 0 aliphatic carbocycles. The predicted octanol–water partition coefficient (Wildman–Crippen LogP) is 3.05. The summed E-state index contributed by atoms with van der Waals surface area (Å²) in [5.74, 6) is 2.17. The fraction of sp³-hybridized carbons (Fsp3) is 0.350. The zero-order valence-electron chi connectivity index (χ0n) is 15.0. The Labute approximate surface area is 153 Å². The molecule has 1 aliphatic heterocycles. The Morgan fingerprint density at radius 1 is 1.12 bits per heavy atom. The van der Waals surface area contributed by atoms with Gasteiger partial charge in [-0.3, -0.25) is 14.5 Å². The molecule has 1 fully saturated rings. The highest BCUT2D eigenvalue weighted by Gasteiger charge is 2.25. The number of ether oxygens (including phenoxy) is 1. The van der Waals surface area contributed by atoms with Gasteiger partial charge in [-0.2, -0.15) is 0 Å². The lowest BCUT2D eigenvalue weighted by Crippen LogP contribution is -2.34. The molecule has 3 heterocycles. The standard InChI is InChI=1S/C20H23N5O/c1-26-18-6-4-16(5-7-18)13-24-11-2-3-17(14-24)19-20(23-9-8-22-19)25-12-10-21-15-25/h4-10,12,15,17H,2-3,11,13-14H2,1H3/t17-/m0/s1. The van der Waals surface area contributed by atoms with Crippen LogP contribution in [0.3, 0.4) is 0 Å². The van der Waals surface area contributed by atoms with E-state index in [-0.39, 0.29) is 0 Å². The van der Waals surface area contributed by atoms with Crippen LogP contribution in [0.2, 0.25) is 0 Å². The molecule has 4 rings (SSSR count). The number of benzene rings is 1. The Morgan fingerprint density at radius 3 is 2.73 bits per heavy atom. The summed E-state index contributed by atoms with van der Waals surface area (Å²) in [6.45, 7) is 3.05. The third-order valence-corrected chi connectivity index (χ3v) is 4.91. The molecule has 26 heavy (non-hydrogen) atoms. The summed E-state index contributed by atoms with van der Waals surface area (Å²) < 4.78 is 7.20. The molecule has 1 aromatic carbocycles. The Hall–Kier alpha value is -2.73. The van der Waals surface area contributed by atoms with E-state index in [0.29, 0.717) is 5.92 Å². The zero-order valence-corrected chi connectivity index (χ0v) is 15.0. The number of hydrogen-bond donors (Lipinski definition) is 0. The fourth-order valence-corrected chi connectivity index (χ4v) is 3.62. The highest BCUT2D eigenvalue weighted by Crippen LogP contribution is 2.29. The van der Waals surface area contributed by atoms with E-state index in [4.69, 9.17) is 4.74 Å². The number of aromatic nitrogens is 4. The van der Waals surface area contributed by atoms with E-state index in [0.717, 1.165) is 43.3 Å². The smallest absolute Gasteiger partial charge is 0.160 e. The van der Waals surface area contributed by atoms with Gasteiger partial charge >= 0.3 is 0 Å². The average molecular weight is 349 g/mol. The van der Waals surface area contributed by atoms with Gasteiger partial charge in [-0.05, 0) is 37.1 Å². The minimum absolute atomic E-state index is 0.382. The van der Waals surface area contributed by atoms with Crippen LogP contribution in [-0.2, 0) is 6.54 Å². The number of nitrogens with zero attached hydrogens (tertiary/aromatic N) is 5. The first kappa shape index (κ1) is 16.7. The van der Waals surface area contributed by atoms with Gasteiger partial charge in [0.25, 0.3) is 0 Å². The summed E-state index contributed by atoms with van der Waals surface area (Å²) in [7, 11) is 1.70. The second-order valence-corrected chi connectivity index (χ2v) is 6.66. The van der Waals surface area contributed by atoms with Crippen LogP contribution in [0, 0.1) is 0 Å². The lowest BCUT2D eigenvalue weighted by Gasteiger charge is -2.33. The maximum atomic E-state index is 5.25. The van der Waals surface area contributed by atoms with E-state index in [1.807, 2.05) is 22.9 Å². The van der Waals surface area contributed by atoms with Crippen LogP contribution in [0.15, 0.2) is 55.4 Å². The predicted molar refractivity (Wildman–Crippen MR) is 99.4 cm³/mol. The van der Waals surface area contributed by atoms with Gasteiger partial charge in [0, 0.05) is 43.8 Å². The van der Waals surface area contributed by atoms with Crippen molar-refractivity contribution in [1.29, 1.82) is 0 Å². The van der Waals surface area contributed by atoms with Crippen molar-refractivity contribution in [3.05, 3.63) is 66.6 Å². The van der Waals surface area contributed by atoms with Gasteiger partial charge in [0.05, 0.1) is 12.8 Å². The summed E-state index contributed by atoms with van der Waals surface area (Å²) in [4.78, 5) is 15.9. The van der Waals surface area contributed by atoms with Gasteiger partial charge in [-0.1, -0.05) is 12.1 Å². The largest absolute Gasteiger partial charge is 0.497 e. The fourth-order valence-electron chi connectivity index (χ4n) is 3.62. The minimum atomic E-state index is 0.382. The van der Waals surface area contributed by atoms with Crippen LogP contribution in [-0.4, -0.2) is 44.6 Å². The molecule has 1 aliphatic rings.